The lowest BCUT2D eigenvalue weighted by atomic mass is 10.1. The van der Waals surface area contributed by atoms with E-state index in [1.807, 2.05) is 12.1 Å². The summed E-state index contributed by atoms with van der Waals surface area (Å²) < 4.78 is 5.64. The molecule has 0 spiro atoms. The summed E-state index contributed by atoms with van der Waals surface area (Å²) in [5, 5.41) is 11.3. The molecule has 3 rings (SSSR count). The Labute approximate surface area is 138 Å². The molecule has 3 nitrogen and oxygen atoms in total. The second-order valence-electron chi connectivity index (χ2n) is 5.04. The second-order valence-corrected chi connectivity index (χ2v) is 6.20. The zero-order valence-corrected chi connectivity index (χ0v) is 13.3. The van der Waals surface area contributed by atoms with Crippen molar-refractivity contribution in [3.8, 4) is 5.75 Å². The van der Waals surface area contributed by atoms with Crippen LogP contribution in [-0.4, -0.2) is 23.4 Å². The van der Waals surface area contributed by atoms with Crippen LogP contribution in [0.2, 0.25) is 0 Å². The lowest BCUT2D eigenvalue weighted by Crippen LogP contribution is -2.01. The van der Waals surface area contributed by atoms with Crippen molar-refractivity contribution < 1.29 is 14.6 Å². The van der Waals surface area contributed by atoms with Crippen LogP contribution in [0.25, 0.3) is 10.8 Å². The van der Waals surface area contributed by atoms with Gasteiger partial charge in [0.1, 0.15) is 5.75 Å². The highest BCUT2D eigenvalue weighted by Gasteiger charge is 2.02. The van der Waals surface area contributed by atoms with E-state index in [0.29, 0.717) is 12.4 Å². The van der Waals surface area contributed by atoms with Crippen molar-refractivity contribution in [3.05, 3.63) is 72.3 Å². The van der Waals surface area contributed by atoms with E-state index in [1.165, 1.54) is 15.7 Å². The van der Waals surface area contributed by atoms with Crippen LogP contribution in [0.4, 0.5) is 0 Å². The Bertz CT molecular complexity index is 812. The molecule has 116 valence electrons. The number of thioether (sulfide) groups is 1. The molecule has 0 heterocycles. The highest BCUT2D eigenvalue weighted by atomic mass is 32.2. The molecule has 0 saturated heterocycles. The second kappa shape index (κ2) is 7.20. The fourth-order valence-corrected chi connectivity index (χ4v) is 3.05. The number of ether oxygens (including phenoxy) is 1. The topological polar surface area (TPSA) is 46.5 Å². The zero-order valence-electron chi connectivity index (χ0n) is 12.4. The molecule has 3 aromatic carbocycles. The van der Waals surface area contributed by atoms with Gasteiger partial charge in [-0.05, 0) is 47.2 Å². The molecule has 0 amide bonds. The van der Waals surface area contributed by atoms with Gasteiger partial charge in [-0.15, -0.1) is 11.8 Å². The van der Waals surface area contributed by atoms with E-state index in [1.54, 1.807) is 36.0 Å². The summed E-state index contributed by atoms with van der Waals surface area (Å²) in [5.74, 6) is 0.594. The third kappa shape index (κ3) is 4.05. The number of hydrogen-bond donors (Lipinski definition) is 1. The molecule has 0 aliphatic carbocycles. The normalized spacial score (nSPS) is 10.6. The van der Waals surface area contributed by atoms with Crippen LogP contribution in [0.3, 0.4) is 0 Å². The van der Waals surface area contributed by atoms with E-state index in [4.69, 9.17) is 9.84 Å². The summed E-state index contributed by atoms with van der Waals surface area (Å²) in [5.41, 5.74) is 0.267. The van der Waals surface area contributed by atoms with Crippen LogP contribution < -0.4 is 4.74 Å². The summed E-state index contributed by atoms with van der Waals surface area (Å²) in [7, 11) is 0. The number of carboxylic acid groups (broad SMARTS) is 1. The Kier molecular flexibility index (Phi) is 4.83. The minimum absolute atomic E-state index is 0.267. The van der Waals surface area contributed by atoms with Crippen molar-refractivity contribution in [2.45, 2.75) is 4.90 Å². The van der Waals surface area contributed by atoms with Crippen molar-refractivity contribution in [3.63, 3.8) is 0 Å². The molecule has 23 heavy (non-hydrogen) atoms. The number of rotatable bonds is 6. The zero-order chi connectivity index (χ0) is 16.1. The predicted molar refractivity (Wildman–Crippen MR) is 93.6 cm³/mol. The first-order chi connectivity index (χ1) is 11.2. The van der Waals surface area contributed by atoms with Gasteiger partial charge in [0.25, 0.3) is 0 Å². The van der Waals surface area contributed by atoms with Gasteiger partial charge in [0.05, 0.1) is 12.2 Å². The van der Waals surface area contributed by atoms with Crippen LogP contribution in [-0.2, 0) is 0 Å². The molecule has 4 heteroatoms. The molecule has 0 aromatic heterocycles. The Morgan fingerprint density at radius 1 is 0.957 bits per heavy atom. The first-order valence-electron chi connectivity index (χ1n) is 7.30. The van der Waals surface area contributed by atoms with Crippen molar-refractivity contribution in [2.75, 3.05) is 12.4 Å². The highest BCUT2D eigenvalue weighted by molar-refractivity contribution is 7.99. The van der Waals surface area contributed by atoms with Crippen molar-refractivity contribution in [2.24, 2.45) is 0 Å². The molecule has 0 aliphatic rings. The molecule has 0 aliphatic heterocycles. The molecule has 0 radical (unpaired) electrons. The van der Waals surface area contributed by atoms with Gasteiger partial charge in [0, 0.05) is 10.6 Å². The number of benzene rings is 3. The number of hydrogen-bond acceptors (Lipinski definition) is 3. The molecule has 0 bridgehead atoms. The van der Waals surface area contributed by atoms with E-state index in [0.717, 1.165) is 5.75 Å². The van der Waals surface area contributed by atoms with Crippen LogP contribution in [0, 0.1) is 0 Å². The summed E-state index contributed by atoms with van der Waals surface area (Å²) >= 11 is 1.74. The van der Waals surface area contributed by atoms with Crippen molar-refractivity contribution >= 4 is 28.5 Å². The van der Waals surface area contributed by atoms with Crippen molar-refractivity contribution in [1.29, 1.82) is 0 Å². The Morgan fingerprint density at radius 3 is 2.43 bits per heavy atom. The summed E-state index contributed by atoms with van der Waals surface area (Å²) in [4.78, 5) is 12.0. The van der Waals surface area contributed by atoms with Gasteiger partial charge in [0.2, 0.25) is 0 Å². The van der Waals surface area contributed by atoms with Gasteiger partial charge < -0.3 is 9.84 Å². The maximum absolute atomic E-state index is 10.8. The quantitative estimate of drug-likeness (QED) is 0.527. The number of carbonyl (C=O) groups is 1. The first-order valence-corrected chi connectivity index (χ1v) is 8.29. The van der Waals surface area contributed by atoms with Crippen LogP contribution >= 0.6 is 11.8 Å². The van der Waals surface area contributed by atoms with E-state index in [-0.39, 0.29) is 5.56 Å². The molecular weight excluding hydrogens is 308 g/mol. The van der Waals surface area contributed by atoms with E-state index >= 15 is 0 Å². The highest BCUT2D eigenvalue weighted by Crippen LogP contribution is 2.23. The average molecular weight is 324 g/mol. The molecule has 0 saturated carbocycles. The van der Waals surface area contributed by atoms with Crippen LogP contribution in [0.1, 0.15) is 10.4 Å². The monoisotopic (exact) mass is 324 g/mol. The van der Waals surface area contributed by atoms with Gasteiger partial charge in [-0.1, -0.05) is 30.3 Å². The minimum Gasteiger partial charge on any atom is -0.493 e. The number of aromatic carboxylic acids is 1. The summed E-state index contributed by atoms with van der Waals surface area (Å²) in [6, 6.07) is 21.2. The Hall–Kier alpha value is -2.46. The van der Waals surface area contributed by atoms with Gasteiger partial charge >= 0.3 is 5.97 Å². The minimum atomic E-state index is -0.927. The Balaban J connectivity index is 1.51. The number of carboxylic acids is 1. The van der Waals surface area contributed by atoms with Crippen LogP contribution in [0.15, 0.2) is 71.6 Å². The van der Waals surface area contributed by atoms with Crippen LogP contribution in [0.5, 0.6) is 5.75 Å². The van der Waals surface area contributed by atoms with Gasteiger partial charge in [0.15, 0.2) is 0 Å². The van der Waals surface area contributed by atoms with Crippen molar-refractivity contribution in [1.82, 2.24) is 0 Å². The summed E-state index contributed by atoms with van der Waals surface area (Å²) in [6.45, 7) is 0.573. The molecule has 0 atom stereocenters. The molecule has 0 unspecified atom stereocenters. The fraction of sp³-hybridized carbons (Fsp3) is 0.105. The molecule has 1 N–H and O–H groups in total. The maximum atomic E-state index is 10.8. The number of fused-ring (bicyclic) bond motifs is 1. The molecule has 0 fully saturated rings. The maximum Gasteiger partial charge on any atom is 0.335 e. The molecular formula is C19H16O3S. The average Bonchev–Trinajstić information content (AvgIpc) is 2.59. The third-order valence-electron chi connectivity index (χ3n) is 3.44. The Morgan fingerprint density at radius 2 is 1.70 bits per heavy atom. The lowest BCUT2D eigenvalue weighted by molar-refractivity contribution is 0.0697. The van der Waals surface area contributed by atoms with E-state index in [2.05, 4.69) is 30.3 Å². The standard InChI is InChI=1S/C19H16O3S/c20-19(21)15-5-8-17(9-6-15)22-11-12-23-18-10-7-14-3-1-2-4-16(14)13-18/h1-10,13H,11-12H2,(H,20,21). The SMILES string of the molecule is O=C(O)c1ccc(OCCSc2ccc3ccccc3c2)cc1. The first kappa shape index (κ1) is 15.4. The van der Waals surface area contributed by atoms with Gasteiger partial charge in [-0.3, -0.25) is 0 Å². The van der Waals surface area contributed by atoms with E-state index in [9.17, 15) is 4.79 Å². The van der Waals surface area contributed by atoms with Gasteiger partial charge in [-0.2, -0.15) is 0 Å². The summed E-state index contributed by atoms with van der Waals surface area (Å²) in [6.07, 6.45) is 0. The largest absolute Gasteiger partial charge is 0.493 e. The fourth-order valence-electron chi connectivity index (χ4n) is 2.27. The predicted octanol–water partition coefficient (Wildman–Crippen LogP) is 4.71. The van der Waals surface area contributed by atoms with Gasteiger partial charge in [-0.25, -0.2) is 4.79 Å². The third-order valence-corrected chi connectivity index (χ3v) is 4.40. The lowest BCUT2D eigenvalue weighted by Gasteiger charge is -2.07. The smallest absolute Gasteiger partial charge is 0.335 e. The van der Waals surface area contributed by atoms with E-state index < -0.39 is 5.97 Å². The molecule has 3 aromatic rings.